The second-order valence-electron chi connectivity index (χ2n) is 2.82. The van der Waals surface area contributed by atoms with Gasteiger partial charge in [0, 0.05) is 0 Å². The Morgan fingerprint density at radius 3 is 2.33 bits per heavy atom. The van der Waals surface area contributed by atoms with E-state index in [1.54, 1.807) is 0 Å². The first kappa shape index (κ1) is 9.51. The molecule has 0 aliphatic carbocycles. The Bertz CT molecular complexity index is 159. The van der Waals surface area contributed by atoms with Gasteiger partial charge in [-0.25, -0.2) is 0 Å². The van der Waals surface area contributed by atoms with Gasteiger partial charge < -0.3 is 9.53 Å². The summed E-state index contributed by atoms with van der Waals surface area (Å²) in [6.45, 7) is -0.382. The number of carbonyl (C=O) groups excluding carboxylic acids is 1. The van der Waals surface area contributed by atoms with Crippen LogP contribution in [0.4, 0.5) is 13.2 Å². The van der Waals surface area contributed by atoms with Gasteiger partial charge in [-0.3, -0.25) is 0 Å². The molecular formula is C7H9F3O2. The molecule has 0 N–H and O–H groups in total. The molecule has 0 aromatic heterocycles. The van der Waals surface area contributed by atoms with Crippen molar-refractivity contribution in [2.75, 3.05) is 6.61 Å². The van der Waals surface area contributed by atoms with Crippen LogP contribution in [0.3, 0.4) is 0 Å². The third-order valence-corrected chi connectivity index (χ3v) is 1.93. The van der Waals surface area contributed by atoms with Crippen LogP contribution in [0.15, 0.2) is 0 Å². The lowest BCUT2D eigenvalue weighted by molar-refractivity contribution is -0.206. The largest absolute Gasteiger partial charge is 0.394 e. The molecule has 1 rings (SSSR count). The zero-order valence-electron chi connectivity index (χ0n) is 6.30. The van der Waals surface area contributed by atoms with E-state index in [1.165, 1.54) is 0 Å². The lowest BCUT2D eigenvalue weighted by Crippen LogP contribution is -2.35. The van der Waals surface area contributed by atoms with E-state index in [0.29, 0.717) is 6.29 Å². The Morgan fingerprint density at radius 1 is 1.33 bits per heavy atom. The minimum Gasteiger partial charge on any atom is -0.370 e. The summed E-state index contributed by atoms with van der Waals surface area (Å²) in [5, 5.41) is 0. The summed E-state index contributed by atoms with van der Waals surface area (Å²) in [7, 11) is 0. The molecule has 1 fully saturated rings. The van der Waals surface area contributed by atoms with Crippen molar-refractivity contribution in [3.8, 4) is 0 Å². The number of carbonyl (C=O) groups is 1. The van der Waals surface area contributed by atoms with E-state index >= 15 is 0 Å². The van der Waals surface area contributed by atoms with Crippen molar-refractivity contribution in [3.63, 3.8) is 0 Å². The Hall–Kier alpha value is -0.580. The number of rotatable bonds is 1. The van der Waals surface area contributed by atoms with Gasteiger partial charge >= 0.3 is 6.18 Å². The Morgan fingerprint density at radius 2 is 2.00 bits per heavy atom. The third-order valence-electron chi connectivity index (χ3n) is 1.93. The van der Waals surface area contributed by atoms with Gasteiger partial charge in [0.1, 0.15) is 12.4 Å². The maximum atomic E-state index is 12.0. The van der Waals surface area contributed by atoms with Gasteiger partial charge in [0.25, 0.3) is 0 Å². The maximum absolute atomic E-state index is 12.0. The molecule has 1 heterocycles. The molecule has 2 atom stereocenters. The molecule has 0 spiro atoms. The molecule has 1 aliphatic rings. The molecule has 0 saturated carbocycles. The first-order chi connectivity index (χ1) is 5.54. The van der Waals surface area contributed by atoms with Crippen LogP contribution in [0.1, 0.15) is 12.8 Å². The first-order valence-electron chi connectivity index (χ1n) is 3.67. The highest BCUT2D eigenvalue weighted by Crippen LogP contribution is 2.33. The second-order valence-corrected chi connectivity index (χ2v) is 2.82. The topological polar surface area (TPSA) is 26.3 Å². The normalized spacial score (nSPS) is 31.6. The molecule has 0 aromatic rings. The van der Waals surface area contributed by atoms with Crippen LogP contribution in [0.25, 0.3) is 0 Å². The highest BCUT2D eigenvalue weighted by atomic mass is 19.4. The maximum Gasteiger partial charge on any atom is 0.394 e. The zero-order chi connectivity index (χ0) is 9.19. The molecule has 1 aliphatic heterocycles. The van der Waals surface area contributed by atoms with E-state index in [2.05, 4.69) is 4.74 Å². The molecule has 70 valence electrons. The van der Waals surface area contributed by atoms with Crippen LogP contribution in [0.5, 0.6) is 0 Å². The average Bonchev–Trinajstić information content (AvgIpc) is 2.03. The molecule has 1 saturated heterocycles. The highest BCUT2D eigenvalue weighted by Gasteiger charge is 2.41. The minimum absolute atomic E-state index is 0.00704. The number of alkyl halides is 3. The van der Waals surface area contributed by atoms with Crippen molar-refractivity contribution in [2.24, 2.45) is 5.92 Å². The van der Waals surface area contributed by atoms with E-state index in [0.717, 1.165) is 0 Å². The van der Waals surface area contributed by atoms with Gasteiger partial charge in [-0.05, 0) is 12.8 Å². The van der Waals surface area contributed by atoms with Crippen molar-refractivity contribution >= 4 is 6.29 Å². The van der Waals surface area contributed by atoms with E-state index in [1.807, 2.05) is 0 Å². The minimum atomic E-state index is -4.19. The van der Waals surface area contributed by atoms with Crippen molar-refractivity contribution in [2.45, 2.75) is 25.1 Å². The Labute approximate surface area is 67.7 Å². The fraction of sp³-hybridized carbons (Fsp3) is 0.857. The van der Waals surface area contributed by atoms with E-state index in [4.69, 9.17) is 0 Å². The number of halogens is 3. The van der Waals surface area contributed by atoms with Crippen molar-refractivity contribution in [3.05, 3.63) is 0 Å². The molecule has 0 amide bonds. The van der Waals surface area contributed by atoms with Crippen molar-refractivity contribution in [1.82, 2.24) is 0 Å². The number of hydrogen-bond donors (Lipinski definition) is 0. The third kappa shape index (κ3) is 2.20. The summed E-state index contributed by atoms with van der Waals surface area (Å²) >= 11 is 0. The Balaban J connectivity index is 2.41. The van der Waals surface area contributed by atoms with Gasteiger partial charge in [-0.2, -0.15) is 13.2 Å². The van der Waals surface area contributed by atoms with Crippen molar-refractivity contribution in [1.29, 1.82) is 0 Å². The predicted octanol–water partition coefficient (Wildman–Crippen LogP) is 1.54. The monoisotopic (exact) mass is 182 g/mol. The summed E-state index contributed by atoms with van der Waals surface area (Å²) in [4.78, 5) is 10.1. The summed E-state index contributed by atoms with van der Waals surface area (Å²) in [6, 6.07) is 0. The predicted molar refractivity (Wildman–Crippen MR) is 34.6 cm³/mol. The Kier molecular flexibility index (Phi) is 2.72. The molecule has 2 nitrogen and oxygen atoms in total. The van der Waals surface area contributed by atoms with Crippen molar-refractivity contribution < 1.29 is 22.7 Å². The molecule has 2 unspecified atom stereocenters. The standard InChI is InChI=1S/C7H9F3O2/c8-7(9,10)5-1-2-6(3-11)12-4-5/h3,5-6H,1-2,4H2. The summed E-state index contributed by atoms with van der Waals surface area (Å²) in [6.07, 6.45) is -4.11. The molecule has 0 bridgehead atoms. The van der Waals surface area contributed by atoms with Gasteiger partial charge in [0.15, 0.2) is 0 Å². The van der Waals surface area contributed by atoms with Crippen LogP contribution in [0.2, 0.25) is 0 Å². The van der Waals surface area contributed by atoms with E-state index < -0.39 is 18.2 Å². The van der Waals surface area contributed by atoms with Gasteiger partial charge in [0.2, 0.25) is 0 Å². The van der Waals surface area contributed by atoms with E-state index in [-0.39, 0.29) is 19.4 Å². The van der Waals surface area contributed by atoms with Crippen LogP contribution >= 0.6 is 0 Å². The SMILES string of the molecule is O=CC1CCC(C(F)(F)F)CO1. The van der Waals surface area contributed by atoms with Crippen LogP contribution in [-0.4, -0.2) is 25.2 Å². The number of aldehydes is 1. The van der Waals surface area contributed by atoms with E-state index in [9.17, 15) is 18.0 Å². The first-order valence-corrected chi connectivity index (χ1v) is 3.67. The fourth-order valence-corrected chi connectivity index (χ4v) is 1.14. The quantitative estimate of drug-likeness (QED) is 0.575. The lowest BCUT2D eigenvalue weighted by atomic mass is 9.98. The zero-order valence-corrected chi connectivity index (χ0v) is 6.30. The van der Waals surface area contributed by atoms with Crippen LogP contribution in [-0.2, 0) is 9.53 Å². The fourth-order valence-electron chi connectivity index (χ4n) is 1.14. The lowest BCUT2D eigenvalue weighted by Gasteiger charge is -2.27. The number of hydrogen-bond acceptors (Lipinski definition) is 2. The summed E-state index contributed by atoms with van der Waals surface area (Å²) < 4.78 is 40.7. The van der Waals surface area contributed by atoms with Crippen LogP contribution < -0.4 is 0 Å². The molecule has 5 heteroatoms. The molecular weight excluding hydrogens is 173 g/mol. The summed E-state index contributed by atoms with van der Waals surface area (Å²) in [5.41, 5.74) is 0. The second kappa shape index (κ2) is 3.43. The highest BCUT2D eigenvalue weighted by molar-refractivity contribution is 5.56. The van der Waals surface area contributed by atoms with Gasteiger partial charge in [0.05, 0.1) is 12.5 Å². The van der Waals surface area contributed by atoms with Crippen LogP contribution in [0, 0.1) is 5.92 Å². The summed E-state index contributed by atoms with van der Waals surface area (Å²) in [5.74, 6) is -1.39. The molecule has 0 aromatic carbocycles. The van der Waals surface area contributed by atoms with Gasteiger partial charge in [-0.15, -0.1) is 0 Å². The molecule has 0 radical (unpaired) electrons. The van der Waals surface area contributed by atoms with Gasteiger partial charge in [-0.1, -0.05) is 0 Å². The number of ether oxygens (including phenoxy) is 1. The average molecular weight is 182 g/mol. The smallest absolute Gasteiger partial charge is 0.370 e. The molecule has 12 heavy (non-hydrogen) atoms.